The van der Waals surface area contributed by atoms with Gasteiger partial charge in [-0.05, 0) is 43.5 Å². The van der Waals surface area contributed by atoms with Crippen LogP contribution in [0.3, 0.4) is 0 Å². The van der Waals surface area contributed by atoms with Crippen molar-refractivity contribution in [3.8, 4) is 5.75 Å². The molecule has 0 bridgehead atoms. The second-order valence-corrected chi connectivity index (χ2v) is 5.54. The molecular weight excluding hydrogens is 292 g/mol. The number of rotatable bonds is 9. The van der Waals surface area contributed by atoms with Crippen LogP contribution >= 0.6 is 0 Å². The number of amides is 2. The van der Waals surface area contributed by atoms with E-state index in [2.05, 4.69) is 24.5 Å². The van der Waals surface area contributed by atoms with E-state index in [-0.39, 0.29) is 0 Å². The topological polar surface area (TPSA) is 67.4 Å². The van der Waals surface area contributed by atoms with Crippen LogP contribution < -0.4 is 15.4 Å². The molecule has 1 aromatic rings. The summed E-state index contributed by atoms with van der Waals surface area (Å²) in [6.45, 7) is 7.29. The molecule has 0 aliphatic heterocycles. The molecule has 1 aromatic carbocycles. The molecule has 0 saturated carbocycles. The number of benzene rings is 1. The molecule has 0 aromatic heterocycles. The Morgan fingerprint density at radius 3 is 2.35 bits per heavy atom. The van der Waals surface area contributed by atoms with Crippen LogP contribution in [0.2, 0.25) is 0 Å². The standard InChI is InChI=1S/C18H28N2O3/c1-4-7-8-14(5-2)13-19-17(21)18(22)20-15-9-11-16(12-10-15)23-6-3/h9-12,14H,4-8,13H2,1-3H3,(H,19,21)(H,20,22)/t14-/m1/s1. The fraction of sp³-hybridized carbons (Fsp3) is 0.556. The zero-order valence-electron chi connectivity index (χ0n) is 14.4. The maximum Gasteiger partial charge on any atom is 0.313 e. The Bertz CT molecular complexity index is 486. The molecule has 0 aliphatic carbocycles. The monoisotopic (exact) mass is 320 g/mol. The summed E-state index contributed by atoms with van der Waals surface area (Å²) in [5.41, 5.74) is 0.576. The van der Waals surface area contributed by atoms with Crippen LogP contribution in [0.5, 0.6) is 5.75 Å². The minimum absolute atomic E-state index is 0.428. The Kier molecular flexibility index (Phi) is 8.80. The zero-order valence-corrected chi connectivity index (χ0v) is 14.4. The summed E-state index contributed by atoms with van der Waals surface area (Å²) in [6, 6.07) is 6.95. The molecule has 23 heavy (non-hydrogen) atoms. The third-order valence-electron chi connectivity index (χ3n) is 3.72. The lowest BCUT2D eigenvalue weighted by molar-refractivity contribution is -0.136. The van der Waals surface area contributed by atoms with Crippen molar-refractivity contribution in [1.82, 2.24) is 5.32 Å². The van der Waals surface area contributed by atoms with Gasteiger partial charge < -0.3 is 15.4 Å². The lowest BCUT2D eigenvalue weighted by Crippen LogP contribution is -2.38. The van der Waals surface area contributed by atoms with Gasteiger partial charge in [-0.25, -0.2) is 0 Å². The van der Waals surface area contributed by atoms with Gasteiger partial charge in [-0.3, -0.25) is 9.59 Å². The van der Waals surface area contributed by atoms with E-state index >= 15 is 0 Å². The van der Waals surface area contributed by atoms with E-state index < -0.39 is 11.8 Å². The Balaban J connectivity index is 2.42. The number of nitrogens with one attached hydrogen (secondary N) is 2. The highest BCUT2D eigenvalue weighted by molar-refractivity contribution is 6.39. The van der Waals surface area contributed by atoms with Crippen LogP contribution in [0.4, 0.5) is 5.69 Å². The number of carbonyl (C=O) groups is 2. The molecular formula is C18H28N2O3. The Morgan fingerprint density at radius 2 is 1.78 bits per heavy atom. The molecule has 0 radical (unpaired) electrons. The van der Waals surface area contributed by atoms with E-state index in [0.29, 0.717) is 24.8 Å². The second kappa shape index (κ2) is 10.6. The van der Waals surface area contributed by atoms with Crippen molar-refractivity contribution in [3.05, 3.63) is 24.3 Å². The number of hydrogen-bond acceptors (Lipinski definition) is 3. The zero-order chi connectivity index (χ0) is 17.1. The Labute approximate surface area is 138 Å². The van der Waals surface area contributed by atoms with Gasteiger partial charge in [0.1, 0.15) is 5.75 Å². The van der Waals surface area contributed by atoms with E-state index in [1.165, 1.54) is 0 Å². The van der Waals surface area contributed by atoms with Gasteiger partial charge in [-0.1, -0.05) is 33.1 Å². The summed E-state index contributed by atoms with van der Waals surface area (Å²) < 4.78 is 5.33. The first kappa shape index (κ1) is 19.0. The van der Waals surface area contributed by atoms with E-state index in [9.17, 15) is 9.59 Å². The number of carbonyl (C=O) groups excluding carboxylic acids is 2. The molecule has 0 spiro atoms. The van der Waals surface area contributed by atoms with Crippen molar-refractivity contribution in [2.24, 2.45) is 5.92 Å². The van der Waals surface area contributed by atoms with Gasteiger partial charge in [0.05, 0.1) is 6.61 Å². The fourth-order valence-electron chi connectivity index (χ4n) is 2.25. The molecule has 1 atom stereocenters. The summed E-state index contributed by atoms with van der Waals surface area (Å²) in [5.74, 6) is -0.0674. The smallest absolute Gasteiger partial charge is 0.313 e. The third kappa shape index (κ3) is 7.17. The quantitative estimate of drug-likeness (QED) is 0.686. The van der Waals surface area contributed by atoms with Crippen molar-refractivity contribution in [2.75, 3.05) is 18.5 Å². The molecule has 2 amide bonds. The van der Waals surface area contributed by atoms with Crippen LogP contribution in [0, 0.1) is 5.92 Å². The number of hydrogen-bond donors (Lipinski definition) is 2. The highest BCUT2D eigenvalue weighted by atomic mass is 16.5. The Morgan fingerprint density at radius 1 is 1.09 bits per heavy atom. The van der Waals surface area contributed by atoms with Crippen LogP contribution in [-0.4, -0.2) is 25.0 Å². The van der Waals surface area contributed by atoms with E-state index in [4.69, 9.17) is 4.74 Å². The summed E-state index contributed by atoms with van der Waals surface area (Å²) in [5, 5.41) is 5.31. The molecule has 1 rings (SSSR count). The molecule has 2 N–H and O–H groups in total. The molecule has 0 fully saturated rings. The van der Waals surface area contributed by atoms with Crippen molar-refractivity contribution in [3.63, 3.8) is 0 Å². The molecule has 0 heterocycles. The molecule has 5 nitrogen and oxygen atoms in total. The number of anilines is 1. The maximum atomic E-state index is 11.9. The summed E-state index contributed by atoms with van der Waals surface area (Å²) in [7, 11) is 0. The average molecular weight is 320 g/mol. The highest BCUT2D eigenvalue weighted by Crippen LogP contribution is 2.15. The van der Waals surface area contributed by atoms with Gasteiger partial charge in [0.2, 0.25) is 0 Å². The van der Waals surface area contributed by atoms with Crippen molar-refractivity contribution in [2.45, 2.75) is 46.5 Å². The third-order valence-corrected chi connectivity index (χ3v) is 3.72. The molecule has 0 saturated heterocycles. The molecule has 0 aliphatic rings. The van der Waals surface area contributed by atoms with Crippen molar-refractivity contribution in [1.29, 1.82) is 0 Å². The molecule has 5 heteroatoms. The minimum atomic E-state index is -0.639. The van der Waals surface area contributed by atoms with Gasteiger partial charge in [0, 0.05) is 12.2 Å². The summed E-state index contributed by atoms with van der Waals surface area (Å²) in [4.78, 5) is 23.7. The lowest BCUT2D eigenvalue weighted by atomic mass is 9.99. The molecule has 0 unspecified atom stereocenters. The predicted octanol–water partition coefficient (Wildman–Crippen LogP) is 3.36. The minimum Gasteiger partial charge on any atom is -0.494 e. The van der Waals surface area contributed by atoms with Gasteiger partial charge in [-0.15, -0.1) is 0 Å². The first-order valence-electron chi connectivity index (χ1n) is 8.42. The van der Waals surface area contributed by atoms with E-state index in [1.807, 2.05) is 6.92 Å². The number of ether oxygens (including phenoxy) is 1. The largest absolute Gasteiger partial charge is 0.494 e. The van der Waals surface area contributed by atoms with Gasteiger partial charge in [0.25, 0.3) is 0 Å². The first-order valence-corrected chi connectivity index (χ1v) is 8.42. The lowest BCUT2D eigenvalue weighted by Gasteiger charge is -2.15. The van der Waals surface area contributed by atoms with Crippen LogP contribution in [0.1, 0.15) is 46.5 Å². The predicted molar refractivity (Wildman–Crippen MR) is 92.6 cm³/mol. The van der Waals surface area contributed by atoms with Gasteiger partial charge >= 0.3 is 11.8 Å². The normalized spacial score (nSPS) is 11.6. The maximum absolute atomic E-state index is 11.9. The van der Waals surface area contributed by atoms with Crippen LogP contribution in [0.25, 0.3) is 0 Å². The molecule has 128 valence electrons. The SMILES string of the molecule is CCCC[C@@H](CC)CNC(=O)C(=O)Nc1ccc(OCC)cc1. The second-order valence-electron chi connectivity index (χ2n) is 5.54. The highest BCUT2D eigenvalue weighted by Gasteiger charge is 2.15. The van der Waals surface area contributed by atoms with Gasteiger partial charge in [-0.2, -0.15) is 0 Å². The van der Waals surface area contributed by atoms with Crippen LogP contribution in [-0.2, 0) is 9.59 Å². The summed E-state index contributed by atoms with van der Waals surface area (Å²) in [6.07, 6.45) is 4.37. The fourth-order valence-corrected chi connectivity index (χ4v) is 2.25. The number of unbranched alkanes of at least 4 members (excludes halogenated alkanes) is 1. The summed E-state index contributed by atoms with van der Waals surface area (Å²) >= 11 is 0. The average Bonchev–Trinajstić information content (AvgIpc) is 2.56. The van der Waals surface area contributed by atoms with Gasteiger partial charge in [0.15, 0.2) is 0 Å². The van der Waals surface area contributed by atoms with Crippen molar-refractivity contribution >= 4 is 17.5 Å². The van der Waals surface area contributed by atoms with E-state index in [0.717, 1.165) is 31.4 Å². The van der Waals surface area contributed by atoms with Crippen LogP contribution in [0.15, 0.2) is 24.3 Å². The Hall–Kier alpha value is -2.04. The van der Waals surface area contributed by atoms with E-state index in [1.54, 1.807) is 24.3 Å². The first-order chi connectivity index (χ1) is 11.1. The van der Waals surface area contributed by atoms with Crippen molar-refractivity contribution < 1.29 is 14.3 Å².